The highest BCUT2D eigenvalue weighted by Crippen LogP contribution is 2.32. The first-order valence-corrected chi connectivity index (χ1v) is 6.94. The molecule has 1 aliphatic rings. The molecular weight excluding hydrogens is 277 g/mol. The molecule has 1 heterocycles. The number of hydrogen-bond acceptors (Lipinski definition) is 5. The summed E-state index contributed by atoms with van der Waals surface area (Å²) in [6.07, 6.45) is 1.83. The summed E-state index contributed by atoms with van der Waals surface area (Å²) in [4.78, 5) is 10.3. The number of rotatable bonds is 6. The van der Waals surface area contributed by atoms with Crippen molar-refractivity contribution in [2.45, 2.75) is 12.8 Å². The van der Waals surface area contributed by atoms with Gasteiger partial charge in [0.15, 0.2) is 0 Å². The van der Waals surface area contributed by atoms with Crippen LogP contribution in [0.3, 0.4) is 0 Å². The van der Waals surface area contributed by atoms with Gasteiger partial charge in [0, 0.05) is 19.1 Å². The molecule has 1 aromatic carbocycles. The van der Waals surface area contributed by atoms with Gasteiger partial charge in [0.25, 0.3) is 0 Å². The number of nitrogens with zero attached hydrogens (tertiary/aromatic N) is 1. The number of halogens is 1. The highest BCUT2D eigenvalue weighted by molar-refractivity contribution is 5.62. The Balaban J connectivity index is 2.14. The molecule has 0 spiro atoms. The average Bonchev–Trinajstić information content (AvgIpc) is 2.46. The second-order valence-electron chi connectivity index (χ2n) is 5.43. The third kappa shape index (κ3) is 3.68. The van der Waals surface area contributed by atoms with E-state index >= 15 is 0 Å². The molecule has 0 atom stereocenters. The second-order valence-corrected chi connectivity index (χ2v) is 5.43. The molecule has 1 saturated heterocycles. The number of methoxy groups -OCH3 is 1. The van der Waals surface area contributed by atoms with E-state index in [-0.39, 0.29) is 11.1 Å². The molecule has 0 bridgehead atoms. The molecular formula is C14H20FN3O3. The normalized spacial score (nSPS) is 17.4. The van der Waals surface area contributed by atoms with Crippen molar-refractivity contribution >= 4 is 11.4 Å². The largest absolute Gasteiger partial charge is 0.384 e. The third-order valence-corrected chi connectivity index (χ3v) is 3.94. The minimum Gasteiger partial charge on any atom is -0.384 e. The summed E-state index contributed by atoms with van der Waals surface area (Å²) < 4.78 is 18.9. The highest BCUT2D eigenvalue weighted by atomic mass is 19.1. The van der Waals surface area contributed by atoms with Gasteiger partial charge in [-0.25, -0.2) is 0 Å². The van der Waals surface area contributed by atoms with Crippen molar-refractivity contribution in [1.29, 1.82) is 0 Å². The molecule has 1 aliphatic heterocycles. The summed E-state index contributed by atoms with van der Waals surface area (Å²) in [6.45, 7) is 2.87. The maximum Gasteiger partial charge on any atom is 0.327 e. The van der Waals surface area contributed by atoms with Crippen molar-refractivity contribution in [3.05, 3.63) is 34.1 Å². The van der Waals surface area contributed by atoms with Crippen LogP contribution in [-0.4, -0.2) is 38.3 Å². The fourth-order valence-corrected chi connectivity index (χ4v) is 2.76. The zero-order valence-electron chi connectivity index (χ0n) is 12.0. The molecule has 1 aromatic rings. The lowest BCUT2D eigenvalue weighted by Crippen LogP contribution is -2.44. The number of nitro groups is 1. The monoisotopic (exact) mass is 297 g/mol. The van der Waals surface area contributed by atoms with Crippen LogP contribution in [0.2, 0.25) is 0 Å². The molecule has 21 heavy (non-hydrogen) atoms. The van der Waals surface area contributed by atoms with Crippen LogP contribution in [-0.2, 0) is 4.74 Å². The molecule has 2 rings (SSSR count). The molecule has 116 valence electrons. The number of hydrogen-bond donors (Lipinski definition) is 2. The minimum atomic E-state index is -0.823. The van der Waals surface area contributed by atoms with E-state index in [2.05, 4.69) is 10.6 Å². The first-order chi connectivity index (χ1) is 10.1. The predicted octanol–water partition coefficient (Wildman–Crippen LogP) is 2.16. The van der Waals surface area contributed by atoms with Gasteiger partial charge in [-0.3, -0.25) is 10.1 Å². The standard InChI is InChI=1S/C14H20FN3O3/c1-21-10-14(5-7-16-8-6-14)9-17-12-4-2-3-11(15)13(12)18(19)20/h2-4,16-17H,5-10H2,1H3. The fraction of sp³-hybridized carbons (Fsp3) is 0.571. The zero-order valence-corrected chi connectivity index (χ0v) is 12.0. The Kier molecular flexibility index (Phi) is 5.08. The molecule has 0 aliphatic carbocycles. The lowest BCUT2D eigenvalue weighted by atomic mass is 9.79. The average molecular weight is 297 g/mol. The fourth-order valence-electron chi connectivity index (χ4n) is 2.76. The van der Waals surface area contributed by atoms with E-state index in [4.69, 9.17) is 4.74 Å². The van der Waals surface area contributed by atoms with Gasteiger partial charge in [0.05, 0.1) is 11.5 Å². The Hall–Kier alpha value is -1.73. The van der Waals surface area contributed by atoms with Crippen LogP contribution in [0.5, 0.6) is 0 Å². The molecule has 7 heteroatoms. The lowest BCUT2D eigenvalue weighted by molar-refractivity contribution is -0.386. The van der Waals surface area contributed by atoms with Crippen molar-refractivity contribution in [3.8, 4) is 0 Å². The van der Waals surface area contributed by atoms with Crippen molar-refractivity contribution in [1.82, 2.24) is 5.32 Å². The van der Waals surface area contributed by atoms with Gasteiger partial charge in [0.1, 0.15) is 5.69 Å². The van der Waals surface area contributed by atoms with Crippen molar-refractivity contribution in [2.24, 2.45) is 5.41 Å². The molecule has 0 amide bonds. The van der Waals surface area contributed by atoms with E-state index in [9.17, 15) is 14.5 Å². The van der Waals surface area contributed by atoms with E-state index in [0.717, 1.165) is 32.0 Å². The van der Waals surface area contributed by atoms with Crippen molar-refractivity contribution in [2.75, 3.05) is 38.7 Å². The Morgan fingerprint density at radius 3 is 2.81 bits per heavy atom. The van der Waals surface area contributed by atoms with Crippen LogP contribution in [0.4, 0.5) is 15.8 Å². The van der Waals surface area contributed by atoms with Crippen LogP contribution in [0, 0.1) is 21.3 Å². The van der Waals surface area contributed by atoms with Crippen molar-refractivity contribution in [3.63, 3.8) is 0 Å². The number of anilines is 1. The Morgan fingerprint density at radius 2 is 2.19 bits per heavy atom. The van der Waals surface area contributed by atoms with E-state index in [1.54, 1.807) is 7.11 Å². The van der Waals surface area contributed by atoms with E-state index in [0.29, 0.717) is 13.2 Å². The van der Waals surface area contributed by atoms with Gasteiger partial charge in [-0.05, 0) is 38.1 Å². The van der Waals surface area contributed by atoms with E-state index < -0.39 is 16.4 Å². The Morgan fingerprint density at radius 1 is 1.48 bits per heavy atom. The smallest absolute Gasteiger partial charge is 0.327 e. The maximum absolute atomic E-state index is 13.6. The zero-order chi connectivity index (χ0) is 15.3. The molecule has 6 nitrogen and oxygen atoms in total. The van der Waals surface area contributed by atoms with Gasteiger partial charge in [-0.1, -0.05) is 6.07 Å². The van der Waals surface area contributed by atoms with Crippen LogP contribution >= 0.6 is 0 Å². The molecule has 1 fully saturated rings. The van der Waals surface area contributed by atoms with Crippen LogP contribution in [0.1, 0.15) is 12.8 Å². The van der Waals surface area contributed by atoms with Gasteiger partial charge in [0.2, 0.25) is 5.82 Å². The quantitative estimate of drug-likeness (QED) is 0.621. The Labute approximate surface area is 122 Å². The number of nitrogens with one attached hydrogen (secondary N) is 2. The van der Waals surface area contributed by atoms with E-state index in [1.807, 2.05) is 0 Å². The van der Waals surface area contributed by atoms with Gasteiger partial charge < -0.3 is 15.4 Å². The SMILES string of the molecule is COCC1(CNc2cccc(F)c2[N+](=O)[O-])CCNCC1. The summed E-state index contributed by atoms with van der Waals surface area (Å²) in [5.74, 6) is -0.823. The van der Waals surface area contributed by atoms with Crippen LogP contribution < -0.4 is 10.6 Å². The molecule has 0 unspecified atom stereocenters. The minimum absolute atomic E-state index is 0.0831. The topological polar surface area (TPSA) is 76.4 Å². The summed E-state index contributed by atoms with van der Waals surface area (Å²) in [7, 11) is 1.65. The first kappa shape index (κ1) is 15.7. The maximum atomic E-state index is 13.6. The van der Waals surface area contributed by atoms with Crippen molar-refractivity contribution < 1.29 is 14.1 Å². The summed E-state index contributed by atoms with van der Waals surface area (Å²) >= 11 is 0. The van der Waals surface area contributed by atoms with Crippen LogP contribution in [0.25, 0.3) is 0 Å². The Bertz CT molecular complexity index is 499. The summed E-state index contributed by atoms with van der Waals surface area (Å²) in [6, 6.07) is 4.09. The second kappa shape index (κ2) is 6.82. The van der Waals surface area contributed by atoms with Crippen LogP contribution in [0.15, 0.2) is 18.2 Å². The molecule has 0 saturated carbocycles. The molecule has 2 N–H and O–H groups in total. The van der Waals surface area contributed by atoms with Gasteiger partial charge >= 0.3 is 5.69 Å². The number of piperidine rings is 1. The number of benzene rings is 1. The van der Waals surface area contributed by atoms with E-state index in [1.165, 1.54) is 12.1 Å². The number of para-hydroxylation sites is 1. The summed E-state index contributed by atoms with van der Waals surface area (Å²) in [5.41, 5.74) is -0.367. The highest BCUT2D eigenvalue weighted by Gasteiger charge is 2.33. The number of nitro benzene ring substituents is 1. The predicted molar refractivity (Wildman–Crippen MR) is 78.0 cm³/mol. The summed E-state index contributed by atoms with van der Waals surface area (Å²) in [5, 5.41) is 17.3. The first-order valence-electron chi connectivity index (χ1n) is 6.94. The number of ether oxygens (including phenoxy) is 1. The molecule has 0 aromatic heterocycles. The molecule has 0 radical (unpaired) electrons. The van der Waals surface area contributed by atoms with Gasteiger partial charge in [-0.15, -0.1) is 0 Å². The van der Waals surface area contributed by atoms with Gasteiger partial charge in [-0.2, -0.15) is 4.39 Å². The third-order valence-electron chi connectivity index (χ3n) is 3.94. The lowest BCUT2D eigenvalue weighted by Gasteiger charge is -2.37.